The van der Waals surface area contributed by atoms with E-state index in [1.165, 1.54) is 33.9 Å². The van der Waals surface area contributed by atoms with E-state index < -0.39 is 47.4 Å². The molecule has 3 heterocycles. The number of hydrogen-bond donors (Lipinski definition) is 4. The number of carbonyl (C=O) groups is 3. The molecular weight excluding hydrogens is 862 g/mol. The Labute approximate surface area is 389 Å². The number of ether oxygens (including phenoxy) is 3. The Morgan fingerprint density at radius 3 is 2.30 bits per heavy atom. The van der Waals surface area contributed by atoms with Gasteiger partial charge in [0, 0.05) is 29.6 Å². The summed E-state index contributed by atoms with van der Waals surface area (Å²) in [4.78, 5) is 45.0. The molecule has 15 heteroatoms. The first-order chi connectivity index (χ1) is 31.7. The largest absolute Gasteiger partial charge is 0.508 e. The van der Waals surface area contributed by atoms with Gasteiger partial charge < -0.3 is 44.9 Å². The number of nitriles is 1. The second-order valence-corrected chi connectivity index (χ2v) is 19.2. The van der Waals surface area contributed by atoms with Crippen LogP contribution in [0.2, 0.25) is 0 Å². The van der Waals surface area contributed by atoms with Crippen molar-refractivity contribution in [2.75, 3.05) is 52.6 Å². The van der Waals surface area contributed by atoms with Gasteiger partial charge in [0.1, 0.15) is 36.0 Å². The van der Waals surface area contributed by atoms with E-state index in [0.717, 1.165) is 58.6 Å². The first-order valence-electron chi connectivity index (χ1n) is 22.4. The number of β-amino-alcohol motifs (C(OH)–C–C–N with tert-alkyl or cyclic N) is 1. The van der Waals surface area contributed by atoms with Crippen LogP contribution in [0.15, 0.2) is 91.0 Å². The van der Waals surface area contributed by atoms with Crippen LogP contribution in [0.25, 0.3) is 20.5 Å². The van der Waals surface area contributed by atoms with Gasteiger partial charge in [-0.25, -0.2) is 4.39 Å². The number of nitrogens with one attached hydrogen (secondary N) is 2. The van der Waals surface area contributed by atoms with Crippen molar-refractivity contribution in [3.63, 3.8) is 0 Å². The Kier molecular flexibility index (Phi) is 15.7. The molecule has 2 aliphatic heterocycles. The van der Waals surface area contributed by atoms with Crippen LogP contribution in [-0.4, -0.2) is 109 Å². The van der Waals surface area contributed by atoms with Crippen LogP contribution in [0.3, 0.4) is 0 Å². The van der Waals surface area contributed by atoms with Gasteiger partial charge in [0.2, 0.25) is 17.7 Å². The molecule has 348 valence electrons. The van der Waals surface area contributed by atoms with Gasteiger partial charge in [0.05, 0.1) is 48.5 Å². The second-order valence-electron chi connectivity index (χ2n) is 18.1. The maximum Gasteiger partial charge on any atom is 0.246 e. The highest BCUT2D eigenvalue weighted by Crippen LogP contribution is 2.47. The molecule has 0 saturated carbocycles. The van der Waals surface area contributed by atoms with E-state index in [-0.39, 0.29) is 37.7 Å². The van der Waals surface area contributed by atoms with Crippen LogP contribution in [0.1, 0.15) is 75.6 Å². The van der Waals surface area contributed by atoms with Gasteiger partial charge >= 0.3 is 0 Å². The lowest BCUT2D eigenvalue weighted by atomic mass is 9.85. The molecule has 0 aliphatic carbocycles. The lowest BCUT2D eigenvalue weighted by Gasteiger charge is -2.35. The lowest BCUT2D eigenvalue weighted by molar-refractivity contribution is -0.144. The number of nitrogens with zero attached hydrogens (tertiary/aromatic N) is 3. The lowest BCUT2D eigenvalue weighted by Crippen LogP contribution is -2.58. The van der Waals surface area contributed by atoms with Crippen LogP contribution < -0.4 is 15.4 Å². The van der Waals surface area contributed by atoms with E-state index >= 15 is 0 Å². The molecule has 66 heavy (non-hydrogen) atoms. The molecule has 4 atom stereocenters. The average molecular weight is 920 g/mol. The van der Waals surface area contributed by atoms with Crippen LogP contribution in [0.5, 0.6) is 17.2 Å². The third-order valence-electron chi connectivity index (χ3n) is 12.2. The fourth-order valence-corrected chi connectivity index (χ4v) is 9.68. The second kappa shape index (κ2) is 21.6. The molecule has 3 amide bonds. The number of likely N-dealkylation sites (tertiary alicyclic amines) is 2. The van der Waals surface area contributed by atoms with Gasteiger partial charge in [0.15, 0.2) is 5.75 Å². The Bertz CT molecular complexity index is 2500. The van der Waals surface area contributed by atoms with Gasteiger partial charge in [-0.05, 0) is 115 Å². The van der Waals surface area contributed by atoms with Crippen molar-refractivity contribution < 1.29 is 43.2 Å². The number of amides is 3. The number of phenolic OH excluding ortho intramolecular Hbond substituents is 1. The number of aromatic hydroxyl groups is 1. The van der Waals surface area contributed by atoms with E-state index in [4.69, 9.17) is 19.5 Å². The van der Waals surface area contributed by atoms with Crippen LogP contribution in [-0.2, 0) is 23.9 Å². The third-order valence-corrected chi connectivity index (χ3v) is 13.4. The Balaban J connectivity index is 0.808. The molecule has 4 N–H and O–H groups in total. The topological polar surface area (TPSA) is 174 Å². The summed E-state index contributed by atoms with van der Waals surface area (Å²) in [6, 6.07) is 26.4. The number of fused-ring (bicyclic) bond motifs is 1. The molecule has 5 aromatic rings. The average Bonchev–Trinajstić information content (AvgIpc) is 3.87. The number of halogens is 1. The molecule has 0 radical (unpaired) electrons. The van der Waals surface area contributed by atoms with E-state index in [1.54, 1.807) is 48.5 Å². The summed E-state index contributed by atoms with van der Waals surface area (Å²) >= 11 is 1.49. The summed E-state index contributed by atoms with van der Waals surface area (Å²) < 4.78 is 32.5. The summed E-state index contributed by atoms with van der Waals surface area (Å²) in [5.74, 6) is 0.307. The molecule has 1 aromatic heterocycles. The molecular formula is C51H58FN5O8S. The summed E-state index contributed by atoms with van der Waals surface area (Å²) in [7, 11) is 0. The smallest absolute Gasteiger partial charge is 0.246 e. The first-order valence-corrected chi connectivity index (χ1v) is 23.2. The van der Waals surface area contributed by atoms with Crippen molar-refractivity contribution in [1.29, 1.82) is 5.26 Å². The fourth-order valence-electron chi connectivity index (χ4n) is 8.51. The molecule has 1 unspecified atom stereocenters. The minimum absolute atomic E-state index is 0.0348. The van der Waals surface area contributed by atoms with Crippen molar-refractivity contribution in [2.24, 2.45) is 5.41 Å². The van der Waals surface area contributed by atoms with E-state index in [9.17, 15) is 29.0 Å². The quantitative estimate of drug-likeness (QED) is 0.0679. The van der Waals surface area contributed by atoms with Gasteiger partial charge in [-0.1, -0.05) is 57.2 Å². The number of aliphatic hydroxyl groups excluding tert-OH is 1. The van der Waals surface area contributed by atoms with Gasteiger partial charge in [-0.3, -0.25) is 14.4 Å². The Morgan fingerprint density at radius 2 is 1.62 bits per heavy atom. The summed E-state index contributed by atoms with van der Waals surface area (Å²) in [5.41, 5.74) is 2.68. The number of carbonyl (C=O) groups excluding carboxylic acids is 3. The third kappa shape index (κ3) is 12.1. The molecule has 0 bridgehead atoms. The summed E-state index contributed by atoms with van der Waals surface area (Å²) in [6.07, 6.45) is 1.20. The monoisotopic (exact) mass is 919 g/mol. The summed E-state index contributed by atoms with van der Waals surface area (Å²) in [6.45, 7) is 10.6. The van der Waals surface area contributed by atoms with Crippen molar-refractivity contribution in [3.8, 4) is 33.8 Å². The van der Waals surface area contributed by atoms with Crippen LogP contribution in [0.4, 0.5) is 4.39 Å². The number of hydrogen-bond acceptors (Lipinski definition) is 11. The molecule has 7 rings (SSSR count). The SMILES string of the molecule is C[C@H](NC(=O)[C@@H]1C[C@@H](O)CN1C(=O)C(NC(=O)COCCOCCN1CCC(c2ccc(Oc3c(-c4ccc(F)cc4)sc4cc(O)ccc34)cc2)CC1)C(C)(C)C)c1ccc(C#N)cc1. The minimum Gasteiger partial charge on any atom is -0.508 e. The Hall–Kier alpha value is -5.89. The van der Waals surface area contributed by atoms with E-state index in [2.05, 4.69) is 33.7 Å². The highest BCUT2D eigenvalue weighted by Gasteiger charge is 2.44. The molecule has 2 aliphatic rings. The van der Waals surface area contributed by atoms with Gasteiger partial charge in [-0.15, -0.1) is 11.3 Å². The molecule has 2 fully saturated rings. The highest BCUT2D eigenvalue weighted by atomic mass is 32.1. The fraction of sp³-hybridized carbons (Fsp3) is 0.412. The van der Waals surface area contributed by atoms with Crippen molar-refractivity contribution >= 4 is 39.1 Å². The number of aliphatic hydroxyl groups is 1. The maximum absolute atomic E-state index is 13.9. The van der Waals surface area contributed by atoms with Crippen LogP contribution >= 0.6 is 11.3 Å². The Morgan fingerprint density at radius 1 is 0.924 bits per heavy atom. The first kappa shape index (κ1) is 48.1. The standard InChI is InChI=1S/C51H58FN5O8S/c1-32(34-7-5-33(29-53)6-8-34)54-49(61)43-27-40(59)30-57(43)50(62)48(51(2,3)4)55-45(60)31-64-26-25-63-24-23-56-21-19-36(20-22-56)35-11-16-41(17-12-35)65-46-42-18-15-39(58)28-44(42)66-47(46)37-9-13-38(52)14-10-37/h5-18,28,32,36,40,43,48,58-59H,19-27,30-31H2,1-4H3,(H,54,61)(H,55,60)/t32-,40+,43-,48?/m0/s1. The number of piperidine rings is 1. The zero-order valence-corrected chi connectivity index (χ0v) is 38.6. The predicted molar refractivity (Wildman–Crippen MR) is 251 cm³/mol. The van der Waals surface area contributed by atoms with E-state index in [0.29, 0.717) is 36.2 Å². The highest BCUT2D eigenvalue weighted by molar-refractivity contribution is 7.22. The minimum atomic E-state index is -0.974. The van der Waals surface area contributed by atoms with Gasteiger partial charge in [0.25, 0.3) is 0 Å². The number of benzene rings is 4. The number of thiophene rings is 1. The maximum atomic E-state index is 13.9. The van der Waals surface area contributed by atoms with Crippen molar-refractivity contribution in [2.45, 2.75) is 77.1 Å². The molecule has 4 aromatic carbocycles. The molecule has 0 spiro atoms. The summed E-state index contributed by atoms with van der Waals surface area (Å²) in [5, 5.41) is 36.3. The van der Waals surface area contributed by atoms with Crippen molar-refractivity contribution in [1.82, 2.24) is 20.4 Å². The molecule has 13 nitrogen and oxygen atoms in total. The zero-order valence-electron chi connectivity index (χ0n) is 37.8. The van der Waals surface area contributed by atoms with E-state index in [1.807, 2.05) is 45.9 Å². The predicted octanol–water partition coefficient (Wildman–Crippen LogP) is 7.66. The normalized spacial score (nSPS) is 17.9. The van der Waals surface area contributed by atoms with Crippen molar-refractivity contribution in [3.05, 3.63) is 114 Å². The van der Waals surface area contributed by atoms with Crippen LogP contribution in [0, 0.1) is 22.6 Å². The molecule has 2 saturated heterocycles. The zero-order chi connectivity index (χ0) is 47.0. The number of rotatable bonds is 17. The van der Waals surface area contributed by atoms with Gasteiger partial charge in [-0.2, -0.15) is 5.26 Å². The number of phenols is 1.